The lowest BCUT2D eigenvalue weighted by molar-refractivity contribution is 0.0715. The van der Waals surface area contributed by atoms with Crippen LogP contribution in [0.4, 0.5) is 0 Å². The van der Waals surface area contributed by atoms with Crippen molar-refractivity contribution in [2.45, 2.75) is 13.1 Å². The number of fused-ring (bicyclic) bond motifs is 1. The number of carbonyl (C=O) groups is 1. The lowest BCUT2D eigenvalue weighted by Crippen LogP contribution is -2.30. The minimum absolute atomic E-state index is 0.125. The Hall–Kier alpha value is -3.28. The van der Waals surface area contributed by atoms with Crippen LogP contribution < -0.4 is 9.47 Å². The Bertz CT molecular complexity index is 862. The number of hydrogen-bond acceptors (Lipinski definition) is 5. The molecule has 0 fully saturated rings. The van der Waals surface area contributed by atoms with Crippen LogP contribution in [-0.4, -0.2) is 22.6 Å². The van der Waals surface area contributed by atoms with Crippen LogP contribution >= 0.6 is 0 Å². The van der Waals surface area contributed by atoms with Gasteiger partial charge in [-0.15, -0.1) is 0 Å². The van der Waals surface area contributed by atoms with Crippen LogP contribution in [0.25, 0.3) is 0 Å². The molecule has 0 spiro atoms. The van der Waals surface area contributed by atoms with E-state index in [4.69, 9.17) is 13.9 Å². The Morgan fingerprint density at radius 1 is 1.04 bits per heavy atom. The smallest absolute Gasteiger partial charge is 0.254 e. The van der Waals surface area contributed by atoms with Gasteiger partial charge in [-0.05, 0) is 42.5 Å². The summed E-state index contributed by atoms with van der Waals surface area (Å²) in [5, 5.41) is 0. The number of carbonyl (C=O) groups excluding carboxylic acids is 1. The van der Waals surface area contributed by atoms with Gasteiger partial charge in [0.2, 0.25) is 6.79 Å². The van der Waals surface area contributed by atoms with E-state index < -0.39 is 0 Å². The van der Waals surface area contributed by atoms with Crippen LogP contribution in [0.2, 0.25) is 0 Å². The minimum Gasteiger partial charge on any atom is -0.467 e. The summed E-state index contributed by atoms with van der Waals surface area (Å²) in [6, 6.07) is 14.5. The van der Waals surface area contributed by atoms with Gasteiger partial charge in [0.25, 0.3) is 5.91 Å². The molecule has 126 valence electrons. The maximum atomic E-state index is 13.0. The van der Waals surface area contributed by atoms with Crippen molar-refractivity contribution in [1.82, 2.24) is 9.88 Å². The fraction of sp³-hybridized carbons (Fsp3) is 0.158. The van der Waals surface area contributed by atoms with Crippen LogP contribution in [0.15, 0.2) is 65.4 Å². The van der Waals surface area contributed by atoms with Crippen molar-refractivity contribution in [1.29, 1.82) is 0 Å². The number of nitrogens with zero attached hydrogens (tertiary/aromatic N) is 2. The molecular weight excluding hydrogens is 320 g/mol. The van der Waals surface area contributed by atoms with Crippen molar-refractivity contribution in [2.75, 3.05) is 6.79 Å². The molecule has 0 unspecified atom stereocenters. The fourth-order valence-corrected chi connectivity index (χ4v) is 2.69. The molecule has 0 N–H and O–H groups in total. The van der Waals surface area contributed by atoms with E-state index in [-0.39, 0.29) is 12.7 Å². The molecule has 1 amide bonds. The minimum atomic E-state index is -0.125. The van der Waals surface area contributed by atoms with Crippen molar-refractivity contribution in [2.24, 2.45) is 0 Å². The number of rotatable bonds is 5. The highest BCUT2D eigenvalue weighted by Crippen LogP contribution is 2.33. The summed E-state index contributed by atoms with van der Waals surface area (Å²) in [4.78, 5) is 19.0. The van der Waals surface area contributed by atoms with Crippen LogP contribution in [0, 0.1) is 0 Å². The third-order valence-electron chi connectivity index (χ3n) is 3.91. The zero-order chi connectivity index (χ0) is 17.1. The molecule has 6 nitrogen and oxygen atoms in total. The first-order valence-electron chi connectivity index (χ1n) is 7.91. The van der Waals surface area contributed by atoms with Crippen LogP contribution in [0.5, 0.6) is 11.5 Å². The van der Waals surface area contributed by atoms with E-state index in [2.05, 4.69) is 4.98 Å². The van der Waals surface area contributed by atoms with Crippen molar-refractivity contribution < 1.29 is 18.7 Å². The molecule has 4 rings (SSSR count). The predicted octanol–water partition coefficient (Wildman–Crippen LogP) is 3.25. The van der Waals surface area contributed by atoms with Gasteiger partial charge in [0.1, 0.15) is 5.76 Å². The average Bonchev–Trinajstić information content (AvgIpc) is 3.32. The summed E-state index contributed by atoms with van der Waals surface area (Å²) in [6.07, 6.45) is 3.31. The first kappa shape index (κ1) is 15.3. The standard InChI is InChI=1S/C19H16N2O4/c22-19(14-6-7-17-18(10-14)25-13-24-17)21(12-16-5-3-9-23-16)11-15-4-1-2-8-20-15/h1-10H,11-13H2. The zero-order valence-electron chi connectivity index (χ0n) is 13.4. The molecule has 0 radical (unpaired) electrons. The van der Waals surface area contributed by atoms with Crippen molar-refractivity contribution >= 4 is 5.91 Å². The first-order chi connectivity index (χ1) is 12.3. The van der Waals surface area contributed by atoms with Gasteiger partial charge in [-0.3, -0.25) is 9.78 Å². The van der Waals surface area contributed by atoms with E-state index in [9.17, 15) is 4.79 Å². The molecule has 3 aromatic rings. The average molecular weight is 336 g/mol. The molecule has 0 aliphatic carbocycles. The molecule has 0 atom stereocenters. The maximum Gasteiger partial charge on any atom is 0.254 e. The van der Waals surface area contributed by atoms with Gasteiger partial charge in [-0.25, -0.2) is 0 Å². The van der Waals surface area contributed by atoms with E-state index in [1.165, 1.54) is 0 Å². The van der Waals surface area contributed by atoms with Crippen LogP contribution in [0.3, 0.4) is 0 Å². The highest BCUT2D eigenvalue weighted by atomic mass is 16.7. The number of ether oxygens (including phenoxy) is 2. The second-order valence-electron chi connectivity index (χ2n) is 5.63. The molecular formula is C19H16N2O4. The Morgan fingerprint density at radius 2 is 1.96 bits per heavy atom. The SMILES string of the molecule is O=C(c1ccc2c(c1)OCO2)N(Cc1ccccn1)Cc1ccco1. The van der Waals surface area contributed by atoms with E-state index in [0.717, 1.165) is 5.69 Å². The molecule has 3 heterocycles. The summed E-state index contributed by atoms with van der Waals surface area (Å²) < 4.78 is 16.1. The number of furan rings is 1. The second kappa shape index (κ2) is 6.68. The predicted molar refractivity (Wildman–Crippen MR) is 89.1 cm³/mol. The topological polar surface area (TPSA) is 64.8 Å². The molecule has 1 aromatic carbocycles. The summed E-state index contributed by atoms with van der Waals surface area (Å²) in [6.45, 7) is 0.919. The first-order valence-corrected chi connectivity index (χ1v) is 7.91. The lowest BCUT2D eigenvalue weighted by Gasteiger charge is -2.21. The molecule has 0 saturated carbocycles. The quantitative estimate of drug-likeness (QED) is 0.715. The van der Waals surface area contributed by atoms with Crippen molar-refractivity contribution in [3.05, 3.63) is 78.0 Å². The molecule has 0 saturated heterocycles. The third-order valence-corrected chi connectivity index (χ3v) is 3.91. The number of amides is 1. The molecule has 1 aliphatic rings. The normalized spacial score (nSPS) is 12.2. The molecule has 6 heteroatoms. The fourth-order valence-electron chi connectivity index (χ4n) is 2.69. The molecule has 1 aliphatic heterocycles. The van der Waals surface area contributed by atoms with Gasteiger partial charge in [0.15, 0.2) is 11.5 Å². The van der Waals surface area contributed by atoms with E-state index >= 15 is 0 Å². The monoisotopic (exact) mass is 336 g/mol. The van der Waals surface area contributed by atoms with E-state index in [0.29, 0.717) is 35.9 Å². The summed E-state index contributed by atoms with van der Waals surface area (Å²) >= 11 is 0. The lowest BCUT2D eigenvalue weighted by atomic mass is 10.1. The number of hydrogen-bond donors (Lipinski definition) is 0. The Balaban J connectivity index is 1.61. The Kier molecular flexibility index (Phi) is 4.08. The molecule has 25 heavy (non-hydrogen) atoms. The number of aromatic nitrogens is 1. The summed E-state index contributed by atoms with van der Waals surface area (Å²) in [5.41, 5.74) is 1.34. The Labute approximate surface area is 144 Å². The molecule has 0 bridgehead atoms. The van der Waals surface area contributed by atoms with Crippen molar-refractivity contribution in [3.63, 3.8) is 0 Å². The second-order valence-corrected chi connectivity index (χ2v) is 5.63. The van der Waals surface area contributed by atoms with Gasteiger partial charge in [0, 0.05) is 11.8 Å². The number of pyridine rings is 1. The van der Waals surface area contributed by atoms with Gasteiger partial charge in [-0.1, -0.05) is 6.07 Å². The number of benzene rings is 1. The van der Waals surface area contributed by atoms with Gasteiger partial charge in [0.05, 0.1) is 25.0 Å². The Morgan fingerprint density at radius 3 is 2.76 bits per heavy atom. The van der Waals surface area contributed by atoms with E-state index in [1.54, 1.807) is 41.6 Å². The largest absolute Gasteiger partial charge is 0.467 e. The van der Waals surface area contributed by atoms with Crippen LogP contribution in [-0.2, 0) is 13.1 Å². The maximum absolute atomic E-state index is 13.0. The van der Waals surface area contributed by atoms with Gasteiger partial charge < -0.3 is 18.8 Å². The van der Waals surface area contributed by atoms with Crippen LogP contribution in [0.1, 0.15) is 21.8 Å². The highest BCUT2D eigenvalue weighted by Gasteiger charge is 2.21. The van der Waals surface area contributed by atoms with Gasteiger partial charge in [-0.2, -0.15) is 0 Å². The summed E-state index contributed by atoms with van der Waals surface area (Å²) in [5.74, 6) is 1.82. The molecule has 2 aromatic heterocycles. The van der Waals surface area contributed by atoms with Crippen molar-refractivity contribution in [3.8, 4) is 11.5 Å². The van der Waals surface area contributed by atoms with Gasteiger partial charge >= 0.3 is 0 Å². The zero-order valence-corrected chi connectivity index (χ0v) is 13.4. The third kappa shape index (κ3) is 3.33. The van der Waals surface area contributed by atoms with E-state index in [1.807, 2.05) is 24.3 Å². The summed E-state index contributed by atoms with van der Waals surface area (Å²) in [7, 11) is 0. The highest BCUT2D eigenvalue weighted by molar-refractivity contribution is 5.94.